The van der Waals surface area contributed by atoms with Crippen LogP contribution in [0.3, 0.4) is 0 Å². The average molecular weight is 210 g/mol. The van der Waals surface area contributed by atoms with Gasteiger partial charge in [-0.25, -0.2) is 0 Å². The maximum Gasteiger partial charge on any atom is 0.138 e. The van der Waals surface area contributed by atoms with Crippen molar-refractivity contribution in [3.05, 3.63) is 48.3 Å². The molecule has 3 nitrogen and oxygen atoms in total. The highest BCUT2D eigenvalue weighted by molar-refractivity contribution is 5.64. The minimum Gasteiger partial charge on any atom is -0.506 e. The van der Waals surface area contributed by atoms with Crippen molar-refractivity contribution in [2.45, 2.75) is 6.42 Å². The number of hydrogen-bond acceptors (Lipinski definition) is 3. The van der Waals surface area contributed by atoms with Crippen LogP contribution < -0.4 is 0 Å². The molecular formula is C13H10N2O. The summed E-state index contributed by atoms with van der Waals surface area (Å²) in [4.78, 5) is 4.07. The number of nitrogens with zero attached hydrogens (tertiary/aromatic N) is 2. The van der Waals surface area contributed by atoms with E-state index in [9.17, 15) is 5.11 Å². The second-order valence-corrected chi connectivity index (χ2v) is 3.39. The number of nitriles is 1. The summed E-state index contributed by atoms with van der Waals surface area (Å²) in [7, 11) is 0. The summed E-state index contributed by atoms with van der Waals surface area (Å²) < 4.78 is 0. The predicted octanol–water partition coefficient (Wildman–Crippen LogP) is 2.52. The van der Waals surface area contributed by atoms with Crippen LogP contribution in [0.1, 0.15) is 5.69 Å². The van der Waals surface area contributed by atoms with E-state index in [1.165, 1.54) is 0 Å². The summed E-state index contributed by atoms with van der Waals surface area (Å²) in [5, 5.41) is 18.2. The Balaban J connectivity index is 2.39. The van der Waals surface area contributed by atoms with Gasteiger partial charge in [-0.2, -0.15) is 5.26 Å². The van der Waals surface area contributed by atoms with Crippen molar-refractivity contribution in [1.29, 1.82) is 5.26 Å². The topological polar surface area (TPSA) is 56.9 Å². The van der Waals surface area contributed by atoms with Crippen LogP contribution in [-0.4, -0.2) is 10.1 Å². The first kappa shape index (κ1) is 10.2. The molecule has 1 heterocycles. The molecule has 2 rings (SSSR count). The van der Waals surface area contributed by atoms with Crippen molar-refractivity contribution in [2.24, 2.45) is 0 Å². The molecule has 3 heteroatoms. The third-order valence-corrected chi connectivity index (χ3v) is 2.30. The number of hydrogen-bond donors (Lipinski definition) is 1. The molecule has 0 unspecified atom stereocenters. The second kappa shape index (κ2) is 4.45. The van der Waals surface area contributed by atoms with Crippen molar-refractivity contribution in [3.8, 4) is 22.9 Å². The van der Waals surface area contributed by atoms with Gasteiger partial charge in [-0.05, 0) is 11.6 Å². The zero-order valence-corrected chi connectivity index (χ0v) is 8.59. The van der Waals surface area contributed by atoms with E-state index >= 15 is 0 Å². The molecule has 0 aliphatic rings. The minimum atomic E-state index is 0.0721. The monoisotopic (exact) mass is 210 g/mol. The van der Waals surface area contributed by atoms with Crippen LogP contribution in [0.2, 0.25) is 0 Å². The standard InChI is InChI=1S/C13H10N2O/c14-7-6-12-13(16)8-11(9-15-12)10-4-2-1-3-5-10/h1-5,8-9,16H,6H2. The van der Waals surface area contributed by atoms with Crippen LogP contribution in [0.4, 0.5) is 0 Å². The smallest absolute Gasteiger partial charge is 0.138 e. The molecule has 0 atom stereocenters. The SMILES string of the molecule is N#CCc1ncc(-c2ccccc2)cc1O. The van der Waals surface area contributed by atoms with Gasteiger partial charge in [0.15, 0.2) is 0 Å². The fourth-order valence-electron chi connectivity index (χ4n) is 1.48. The van der Waals surface area contributed by atoms with Gasteiger partial charge < -0.3 is 5.11 Å². The lowest BCUT2D eigenvalue weighted by molar-refractivity contribution is 0.466. The fourth-order valence-corrected chi connectivity index (χ4v) is 1.48. The summed E-state index contributed by atoms with van der Waals surface area (Å²) in [6, 6.07) is 13.3. The average Bonchev–Trinajstić information content (AvgIpc) is 2.33. The lowest BCUT2D eigenvalue weighted by Crippen LogP contribution is -1.89. The largest absolute Gasteiger partial charge is 0.506 e. The quantitative estimate of drug-likeness (QED) is 0.828. The van der Waals surface area contributed by atoms with Gasteiger partial charge in [-0.1, -0.05) is 30.3 Å². The van der Waals surface area contributed by atoms with Gasteiger partial charge in [0.1, 0.15) is 5.75 Å². The predicted molar refractivity (Wildman–Crippen MR) is 60.7 cm³/mol. The third kappa shape index (κ3) is 2.01. The highest BCUT2D eigenvalue weighted by atomic mass is 16.3. The summed E-state index contributed by atoms with van der Waals surface area (Å²) >= 11 is 0. The summed E-state index contributed by atoms with van der Waals surface area (Å²) in [6.07, 6.45) is 1.79. The van der Waals surface area contributed by atoms with Crippen molar-refractivity contribution in [2.75, 3.05) is 0 Å². The molecular weight excluding hydrogens is 200 g/mol. The van der Waals surface area contributed by atoms with E-state index in [0.717, 1.165) is 11.1 Å². The zero-order chi connectivity index (χ0) is 11.4. The van der Waals surface area contributed by atoms with E-state index in [0.29, 0.717) is 5.69 Å². The number of pyridine rings is 1. The van der Waals surface area contributed by atoms with Gasteiger partial charge in [0.05, 0.1) is 18.2 Å². The van der Waals surface area contributed by atoms with Crippen molar-refractivity contribution in [1.82, 2.24) is 4.98 Å². The summed E-state index contributed by atoms with van der Waals surface area (Å²) in [6.45, 7) is 0. The Morgan fingerprint density at radius 1 is 1.19 bits per heavy atom. The number of aromatic nitrogens is 1. The van der Waals surface area contributed by atoms with E-state index in [1.54, 1.807) is 12.3 Å². The number of benzene rings is 1. The van der Waals surface area contributed by atoms with E-state index in [2.05, 4.69) is 4.98 Å². The molecule has 0 bridgehead atoms. The van der Waals surface area contributed by atoms with Crippen molar-refractivity contribution < 1.29 is 5.11 Å². The minimum absolute atomic E-state index is 0.0721. The molecule has 0 aliphatic heterocycles. The normalized spacial score (nSPS) is 9.69. The Labute approximate surface area is 93.6 Å². The van der Waals surface area contributed by atoms with Gasteiger partial charge in [0.25, 0.3) is 0 Å². The molecule has 0 aliphatic carbocycles. The van der Waals surface area contributed by atoms with Crippen LogP contribution in [0.5, 0.6) is 5.75 Å². The summed E-state index contributed by atoms with van der Waals surface area (Å²) in [5.74, 6) is 0.0721. The Morgan fingerprint density at radius 3 is 2.56 bits per heavy atom. The molecule has 1 aromatic heterocycles. The molecule has 0 saturated heterocycles. The molecule has 2 aromatic rings. The van der Waals surface area contributed by atoms with E-state index in [1.807, 2.05) is 36.4 Å². The second-order valence-electron chi connectivity index (χ2n) is 3.39. The van der Waals surface area contributed by atoms with Crippen LogP contribution >= 0.6 is 0 Å². The molecule has 1 aromatic carbocycles. The first-order chi connectivity index (χ1) is 7.81. The highest BCUT2D eigenvalue weighted by Crippen LogP contribution is 2.24. The molecule has 0 radical (unpaired) electrons. The lowest BCUT2D eigenvalue weighted by atomic mass is 10.1. The summed E-state index contributed by atoms with van der Waals surface area (Å²) in [5.41, 5.74) is 2.26. The van der Waals surface area contributed by atoms with Crippen LogP contribution in [0.15, 0.2) is 42.6 Å². The van der Waals surface area contributed by atoms with Crippen LogP contribution in [-0.2, 0) is 6.42 Å². The maximum atomic E-state index is 9.67. The Morgan fingerprint density at radius 2 is 1.94 bits per heavy atom. The van der Waals surface area contributed by atoms with Gasteiger partial charge in [-0.15, -0.1) is 0 Å². The van der Waals surface area contributed by atoms with Gasteiger partial charge in [-0.3, -0.25) is 4.98 Å². The van der Waals surface area contributed by atoms with E-state index in [4.69, 9.17) is 5.26 Å². The van der Waals surface area contributed by atoms with Crippen LogP contribution in [0, 0.1) is 11.3 Å². The fraction of sp³-hybridized carbons (Fsp3) is 0.0769. The van der Waals surface area contributed by atoms with Gasteiger partial charge in [0.2, 0.25) is 0 Å². The molecule has 0 saturated carbocycles. The van der Waals surface area contributed by atoms with Crippen molar-refractivity contribution >= 4 is 0 Å². The molecule has 0 spiro atoms. The van der Waals surface area contributed by atoms with Gasteiger partial charge in [0, 0.05) is 11.8 Å². The Kier molecular flexibility index (Phi) is 2.84. The van der Waals surface area contributed by atoms with Gasteiger partial charge >= 0.3 is 0 Å². The van der Waals surface area contributed by atoms with Crippen molar-refractivity contribution in [3.63, 3.8) is 0 Å². The zero-order valence-electron chi connectivity index (χ0n) is 8.59. The molecule has 1 N–H and O–H groups in total. The van der Waals surface area contributed by atoms with E-state index < -0.39 is 0 Å². The first-order valence-electron chi connectivity index (χ1n) is 4.91. The molecule has 0 fully saturated rings. The van der Waals surface area contributed by atoms with Crippen LogP contribution in [0.25, 0.3) is 11.1 Å². The van der Waals surface area contributed by atoms with E-state index in [-0.39, 0.29) is 12.2 Å². The Bertz CT molecular complexity index is 529. The first-order valence-corrected chi connectivity index (χ1v) is 4.91. The third-order valence-electron chi connectivity index (χ3n) is 2.30. The lowest BCUT2D eigenvalue weighted by Gasteiger charge is -2.04. The highest BCUT2D eigenvalue weighted by Gasteiger charge is 2.04. The maximum absolute atomic E-state index is 9.67. The molecule has 16 heavy (non-hydrogen) atoms. The number of aromatic hydroxyl groups is 1. The Hall–Kier alpha value is -2.34. The number of rotatable bonds is 2. The molecule has 0 amide bonds. The molecule has 78 valence electrons.